The third-order valence-corrected chi connectivity index (χ3v) is 4.63. The summed E-state index contributed by atoms with van der Waals surface area (Å²) < 4.78 is 5.87. The highest BCUT2D eigenvalue weighted by molar-refractivity contribution is 5.17. The van der Waals surface area contributed by atoms with Gasteiger partial charge < -0.3 is 14.8 Å². The zero-order chi connectivity index (χ0) is 12.8. The number of hydrogen-bond donors (Lipinski definition) is 2. The second-order valence-electron chi connectivity index (χ2n) is 6.33. The summed E-state index contributed by atoms with van der Waals surface area (Å²) in [7, 11) is 0. The van der Waals surface area contributed by atoms with Gasteiger partial charge in [-0.3, -0.25) is 0 Å². The number of hydrogen-bond acceptors (Lipinski definition) is 3. The molecule has 0 amide bonds. The minimum Gasteiger partial charge on any atom is -0.464 e. The first-order valence-corrected chi connectivity index (χ1v) is 7.07. The lowest BCUT2D eigenvalue weighted by molar-refractivity contribution is 0.151. The molecule has 1 heterocycles. The Hall–Kier alpha value is -0.800. The Morgan fingerprint density at radius 3 is 2.72 bits per heavy atom. The molecular formula is C15H23NO2. The van der Waals surface area contributed by atoms with Crippen LogP contribution in [-0.2, 0) is 6.54 Å². The topological polar surface area (TPSA) is 45.4 Å². The molecule has 3 unspecified atom stereocenters. The SMILES string of the molecule is CC1CC1c1ccc(CNC(C)(CO)C2CC2)o1. The molecule has 0 radical (unpaired) electrons. The molecule has 0 saturated heterocycles. The van der Waals surface area contributed by atoms with Gasteiger partial charge in [-0.25, -0.2) is 0 Å². The second kappa shape index (κ2) is 4.39. The van der Waals surface area contributed by atoms with Crippen LogP contribution in [0.1, 0.15) is 50.5 Å². The van der Waals surface area contributed by atoms with Gasteiger partial charge in [0.1, 0.15) is 11.5 Å². The van der Waals surface area contributed by atoms with Crippen molar-refractivity contribution in [3.8, 4) is 0 Å². The predicted molar refractivity (Wildman–Crippen MR) is 70.3 cm³/mol. The molecule has 100 valence electrons. The number of nitrogens with one attached hydrogen (secondary N) is 1. The molecule has 2 fully saturated rings. The van der Waals surface area contributed by atoms with Crippen molar-refractivity contribution in [3.05, 3.63) is 23.7 Å². The Labute approximate surface area is 109 Å². The summed E-state index contributed by atoms with van der Waals surface area (Å²) in [6.45, 7) is 5.29. The van der Waals surface area contributed by atoms with Gasteiger partial charge in [-0.1, -0.05) is 6.92 Å². The highest BCUT2D eigenvalue weighted by Crippen LogP contribution is 2.47. The van der Waals surface area contributed by atoms with Gasteiger partial charge in [0, 0.05) is 11.5 Å². The van der Waals surface area contributed by atoms with E-state index in [-0.39, 0.29) is 12.1 Å². The summed E-state index contributed by atoms with van der Waals surface area (Å²) >= 11 is 0. The minimum absolute atomic E-state index is 0.139. The molecule has 0 aromatic carbocycles. The third-order valence-electron chi connectivity index (χ3n) is 4.63. The maximum Gasteiger partial charge on any atom is 0.117 e. The van der Waals surface area contributed by atoms with Gasteiger partial charge in [0.2, 0.25) is 0 Å². The number of rotatable bonds is 6. The van der Waals surface area contributed by atoms with E-state index in [0.717, 1.165) is 17.4 Å². The van der Waals surface area contributed by atoms with Crippen LogP contribution in [0.15, 0.2) is 16.5 Å². The van der Waals surface area contributed by atoms with Gasteiger partial charge in [-0.2, -0.15) is 0 Å². The zero-order valence-electron chi connectivity index (χ0n) is 11.3. The monoisotopic (exact) mass is 249 g/mol. The lowest BCUT2D eigenvalue weighted by Gasteiger charge is -2.28. The van der Waals surface area contributed by atoms with E-state index in [1.807, 2.05) is 0 Å². The Morgan fingerprint density at radius 1 is 1.44 bits per heavy atom. The highest BCUT2D eigenvalue weighted by atomic mass is 16.3. The van der Waals surface area contributed by atoms with Gasteiger partial charge in [0.25, 0.3) is 0 Å². The van der Waals surface area contributed by atoms with E-state index in [1.54, 1.807) is 0 Å². The first kappa shape index (κ1) is 12.2. The summed E-state index contributed by atoms with van der Waals surface area (Å²) in [5, 5.41) is 13.0. The van der Waals surface area contributed by atoms with Gasteiger partial charge in [0.05, 0.1) is 13.2 Å². The molecule has 18 heavy (non-hydrogen) atoms. The van der Waals surface area contributed by atoms with Crippen molar-refractivity contribution in [1.29, 1.82) is 0 Å². The number of aliphatic hydroxyl groups excluding tert-OH is 1. The fraction of sp³-hybridized carbons (Fsp3) is 0.733. The van der Waals surface area contributed by atoms with Crippen molar-refractivity contribution >= 4 is 0 Å². The Kier molecular flexibility index (Phi) is 2.99. The standard InChI is InChI=1S/C15H23NO2/c1-10-7-13(10)14-6-5-12(18-14)8-16-15(2,9-17)11-3-4-11/h5-6,10-11,13,16-17H,3-4,7-9H2,1-2H3. The van der Waals surface area contributed by atoms with Crippen LogP contribution in [0, 0.1) is 11.8 Å². The van der Waals surface area contributed by atoms with E-state index < -0.39 is 0 Å². The Bertz CT molecular complexity index is 424. The molecule has 1 aromatic heterocycles. The van der Waals surface area contributed by atoms with E-state index in [2.05, 4.69) is 31.3 Å². The maximum atomic E-state index is 9.52. The minimum atomic E-state index is -0.139. The van der Waals surface area contributed by atoms with Crippen LogP contribution in [0.2, 0.25) is 0 Å². The molecule has 3 heteroatoms. The normalized spacial score (nSPS) is 30.2. The molecule has 3 rings (SSSR count). The first-order chi connectivity index (χ1) is 8.62. The number of aliphatic hydroxyl groups is 1. The second-order valence-corrected chi connectivity index (χ2v) is 6.33. The summed E-state index contributed by atoms with van der Waals surface area (Å²) in [5.41, 5.74) is -0.139. The van der Waals surface area contributed by atoms with Gasteiger partial charge in [-0.05, 0) is 50.2 Å². The fourth-order valence-electron chi connectivity index (χ4n) is 2.75. The van der Waals surface area contributed by atoms with E-state index in [1.165, 1.54) is 19.3 Å². The summed E-state index contributed by atoms with van der Waals surface area (Å²) in [4.78, 5) is 0. The molecule has 2 aliphatic rings. The molecule has 2 saturated carbocycles. The van der Waals surface area contributed by atoms with Crippen LogP contribution in [-0.4, -0.2) is 17.3 Å². The molecule has 0 spiro atoms. The molecule has 2 aliphatic carbocycles. The zero-order valence-corrected chi connectivity index (χ0v) is 11.3. The Morgan fingerprint density at radius 2 is 2.17 bits per heavy atom. The van der Waals surface area contributed by atoms with Crippen LogP contribution in [0.4, 0.5) is 0 Å². The maximum absolute atomic E-state index is 9.52. The summed E-state index contributed by atoms with van der Waals surface area (Å²) in [6, 6.07) is 4.18. The fourth-order valence-corrected chi connectivity index (χ4v) is 2.75. The van der Waals surface area contributed by atoms with E-state index in [0.29, 0.717) is 18.4 Å². The molecule has 0 aliphatic heterocycles. The quantitative estimate of drug-likeness (QED) is 0.814. The van der Waals surface area contributed by atoms with Crippen molar-refractivity contribution in [2.45, 2.75) is 51.1 Å². The van der Waals surface area contributed by atoms with E-state index >= 15 is 0 Å². The van der Waals surface area contributed by atoms with Crippen LogP contribution < -0.4 is 5.32 Å². The largest absolute Gasteiger partial charge is 0.464 e. The van der Waals surface area contributed by atoms with Crippen molar-refractivity contribution in [2.75, 3.05) is 6.61 Å². The summed E-state index contributed by atoms with van der Waals surface area (Å²) in [6.07, 6.45) is 3.72. The van der Waals surface area contributed by atoms with Gasteiger partial charge in [-0.15, -0.1) is 0 Å². The van der Waals surface area contributed by atoms with Crippen molar-refractivity contribution < 1.29 is 9.52 Å². The average Bonchev–Trinajstić information content (AvgIpc) is 3.28. The molecule has 3 nitrogen and oxygen atoms in total. The summed E-state index contributed by atoms with van der Waals surface area (Å²) in [5.74, 6) is 4.18. The third kappa shape index (κ3) is 2.34. The van der Waals surface area contributed by atoms with Crippen LogP contribution in [0.3, 0.4) is 0 Å². The smallest absolute Gasteiger partial charge is 0.117 e. The van der Waals surface area contributed by atoms with E-state index in [4.69, 9.17) is 4.42 Å². The van der Waals surface area contributed by atoms with Gasteiger partial charge in [0.15, 0.2) is 0 Å². The average molecular weight is 249 g/mol. The molecule has 3 atom stereocenters. The highest BCUT2D eigenvalue weighted by Gasteiger charge is 2.41. The lowest BCUT2D eigenvalue weighted by atomic mass is 9.97. The van der Waals surface area contributed by atoms with Gasteiger partial charge >= 0.3 is 0 Å². The molecular weight excluding hydrogens is 226 g/mol. The molecule has 2 N–H and O–H groups in total. The number of furan rings is 1. The van der Waals surface area contributed by atoms with Crippen LogP contribution in [0.25, 0.3) is 0 Å². The lowest BCUT2D eigenvalue weighted by Crippen LogP contribution is -2.47. The van der Waals surface area contributed by atoms with E-state index in [9.17, 15) is 5.11 Å². The molecule has 1 aromatic rings. The van der Waals surface area contributed by atoms with Crippen LogP contribution in [0.5, 0.6) is 0 Å². The van der Waals surface area contributed by atoms with Crippen molar-refractivity contribution in [3.63, 3.8) is 0 Å². The van der Waals surface area contributed by atoms with Crippen LogP contribution >= 0.6 is 0 Å². The first-order valence-electron chi connectivity index (χ1n) is 7.07. The predicted octanol–water partition coefficient (Wildman–Crippen LogP) is 2.65. The molecule has 0 bridgehead atoms. The van der Waals surface area contributed by atoms with Crippen molar-refractivity contribution in [2.24, 2.45) is 11.8 Å². The Balaban J connectivity index is 1.57. The van der Waals surface area contributed by atoms with Crippen molar-refractivity contribution in [1.82, 2.24) is 5.32 Å².